The van der Waals surface area contributed by atoms with E-state index in [9.17, 15) is 18.0 Å². The summed E-state index contributed by atoms with van der Waals surface area (Å²) in [6, 6.07) is 0. The third-order valence-electron chi connectivity index (χ3n) is 2.38. The average Bonchev–Trinajstić information content (AvgIpc) is 2.38. The molecule has 0 aromatic rings. The number of hydrogen-bond donors (Lipinski definition) is 1. The first-order valence-electron chi connectivity index (χ1n) is 3.56. The van der Waals surface area contributed by atoms with E-state index >= 15 is 0 Å². The van der Waals surface area contributed by atoms with E-state index in [2.05, 4.69) is 0 Å². The van der Waals surface area contributed by atoms with Gasteiger partial charge >= 0.3 is 12.1 Å². The summed E-state index contributed by atoms with van der Waals surface area (Å²) < 4.78 is 35.3. The first-order valence-corrected chi connectivity index (χ1v) is 3.56. The molecule has 0 bridgehead atoms. The van der Waals surface area contributed by atoms with Crippen LogP contribution in [0.5, 0.6) is 0 Å². The molecule has 0 saturated heterocycles. The number of hydrogen-bond acceptors (Lipinski definition) is 1. The lowest BCUT2D eigenvalue weighted by molar-refractivity contribution is -0.149. The minimum Gasteiger partial charge on any atom is -0.481 e. The Morgan fingerprint density at radius 1 is 1.67 bits per heavy atom. The van der Waals surface area contributed by atoms with Gasteiger partial charge in [0.15, 0.2) is 0 Å². The van der Waals surface area contributed by atoms with E-state index in [1.165, 1.54) is 6.92 Å². The van der Waals surface area contributed by atoms with Gasteiger partial charge in [0.25, 0.3) is 0 Å². The summed E-state index contributed by atoms with van der Waals surface area (Å²) in [5, 5.41) is 8.51. The van der Waals surface area contributed by atoms with Crippen LogP contribution in [0.4, 0.5) is 13.2 Å². The summed E-state index contributed by atoms with van der Waals surface area (Å²) in [7, 11) is 0. The molecule has 2 atom stereocenters. The summed E-state index contributed by atoms with van der Waals surface area (Å²) in [5.41, 5.74) is -1.13. The molecule has 1 aliphatic carbocycles. The molecule has 1 aliphatic rings. The van der Waals surface area contributed by atoms with Crippen molar-refractivity contribution < 1.29 is 23.1 Å². The molecular weight excluding hydrogens is 173 g/mol. The molecule has 0 aromatic carbocycles. The van der Waals surface area contributed by atoms with Crippen LogP contribution in [0, 0.1) is 11.3 Å². The van der Waals surface area contributed by atoms with Crippen LogP contribution >= 0.6 is 0 Å². The van der Waals surface area contributed by atoms with Gasteiger partial charge in [0.05, 0.1) is 5.41 Å². The van der Waals surface area contributed by atoms with E-state index in [4.69, 9.17) is 5.11 Å². The standard InChI is InChI=1S/C7H9F3O2/c1-6(5(11)12)2-4(6)3-7(8,9)10/h4H,2-3H2,1H3,(H,11,12)/t4-,6+/m0/s1. The normalized spacial score (nSPS) is 34.8. The summed E-state index contributed by atoms with van der Waals surface area (Å²) >= 11 is 0. The number of carboxylic acids is 1. The molecule has 5 heteroatoms. The Balaban J connectivity index is 2.48. The Bertz CT molecular complexity index is 211. The van der Waals surface area contributed by atoms with Gasteiger partial charge < -0.3 is 5.11 Å². The number of alkyl halides is 3. The minimum absolute atomic E-state index is 0.141. The number of aliphatic carboxylic acids is 1. The van der Waals surface area contributed by atoms with E-state index in [1.807, 2.05) is 0 Å². The van der Waals surface area contributed by atoms with Gasteiger partial charge in [-0.2, -0.15) is 13.2 Å². The molecule has 2 nitrogen and oxygen atoms in total. The fourth-order valence-corrected chi connectivity index (χ4v) is 1.29. The van der Waals surface area contributed by atoms with Crippen molar-refractivity contribution in [3.05, 3.63) is 0 Å². The smallest absolute Gasteiger partial charge is 0.389 e. The molecule has 0 amide bonds. The summed E-state index contributed by atoms with van der Waals surface area (Å²) in [4.78, 5) is 10.4. The molecule has 70 valence electrons. The third kappa shape index (κ3) is 1.70. The van der Waals surface area contributed by atoms with Crippen LogP contribution in [-0.4, -0.2) is 17.3 Å². The van der Waals surface area contributed by atoms with Crippen molar-refractivity contribution in [3.63, 3.8) is 0 Å². The van der Waals surface area contributed by atoms with Gasteiger partial charge in [-0.1, -0.05) is 0 Å². The average molecular weight is 182 g/mol. The van der Waals surface area contributed by atoms with Crippen LogP contribution in [0.15, 0.2) is 0 Å². The van der Waals surface area contributed by atoms with Crippen molar-refractivity contribution in [1.82, 2.24) is 0 Å². The fourth-order valence-electron chi connectivity index (χ4n) is 1.29. The second kappa shape index (κ2) is 2.37. The first kappa shape index (κ1) is 9.35. The van der Waals surface area contributed by atoms with E-state index in [-0.39, 0.29) is 6.42 Å². The van der Waals surface area contributed by atoms with E-state index in [0.29, 0.717) is 0 Å². The summed E-state index contributed by atoms with van der Waals surface area (Å²) in [6.07, 6.45) is -5.07. The molecule has 1 saturated carbocycles. The van der Waals surface area contributed by atoms with Gasteiger partial charge in [-0.25, -0.2) is 0 Å². The molecule has 0 heterocycles. The zero-order valence-corrected chi connectivity index (χ0v) is 6.48. The van der Waals surface area contributed by atoms with Crippen molar-refractivity contribution in [2.24, 2.45) is 11.3 Å². The topological polar surface area (TPSA) is 37.3 Å². The zero-order chi connectivity index (χ0) is 9.57. The van der Waals surface area contributed by atoms with Gasteiger partial charge in [-0.15, -0.1) is 0 Å². The molecular formula is C7H9F3O2. The van der Waals surface area contributed by atoms with Gasteiger partial charge in [-0.05, 0) is 19.3 Å². The van der Waals surface area contributed by atoms with Crippen molar-refractivity contribution in [2.75, 3.05) is 0 Å². The minimum atomic E-state index is -4.24. The quantitative estimate of drug-likeness (QED) is 0.709. The molecule has 1 N–H and O–H groups in total. The molecule has 0 aliphatic heterocycles. The van der Waals surface area contributed by atoms with E-state index < -0.39 is 29.9 Å². The van der Waals surface area contributed by atoms with Crippen LogP contribution < -0.4 is 0 Å². The second-order valence-corrected chi connectivity index (χ2v) is 3.44. The van der Waals surface area contributed by atoms with Crippen molar-refractivity contribution >= 4 is 5.97 Å². The van der Waals surface area contributed by atoms with Crippen LogP contribution in [0.3, 0.4) is 0 Å². The van der Waals surface area contributed by atoms with Crippen molar-refractivity contribution in [3.8, 4) is 0 Å². The second-order valence-electron chi connectivity index (χ2n) is 3.44. The lowest BCUT2D eigenvalue weighted by atomic mass is 10.1. The number of carboxylic acid groups (broad SMARTS) is 1. The maximum absolute atomic E-state index is 11.8. The van der Waals surface area contributed by atoms with E-state index in [1.54, 1.807) is 0 Å². The maximum atomic E-state index is 11.8. The highest BCUT2D eigenvalue weighted by Gasteiger charge is 2.59. The van der Waals surface area contributed by atoms with Gasteiger partial charge in [0.2, 0.25) is 0 Å². The molecule has 12 heavy (non-hydrogen) atoms. The first-order chi connectivity index (χ1) is 5.26. The Labute approximate surface area is 67.4 Å². The lowest BCUT2D eigenvalue weighted by Gasteiger charge is -2.07. The molecule has 1 rings (SSSR count). The predicted molar refractivity (Wildman–Crippen MR) is 34.5 cm³/mol. The highest BCUT2D eigenvalue weighted by atomic mass is 19.4. The van der Waals surface area contributed by atoms with Gasteiger partial charge in [0.1, 0.15) is 0 Å². The van der Waals surface area contributed by atoms with Crippen LogP contribution in [-0.2, 0) is 4.79 Å². The Kier molecular flexibility index (Phi) is 1.85. The third-order valence-corrected chi connectivity index (χ3v) is 2.38. The summed E-state index contributed by atoms with van der Waals surface area (Å²) in [6.45, 7) is 1.35. The lowest BCUT2D eigenvalue weighted by Crippen LogP contribution is -2.17. The largest absolute Gasteiger partial charge is 0.481 e. The van der Waals surface area contributed by atoms with Crippen LogP contribution in [0.25, 0.3) is 0 Å². The Morgan fingerprint density at radius 2 is 2.17 bits per heavy atom. The van der Waals surface area contributed by atoms with E-state index in [0.717, 1.165) is 0 Å². The SMILES string of the molecule is C[C@@]1(C(=O)O)C[C@H]1CC(F)(F)F. The highest BCUT2D eigenvalue weighted by Crippen LogP contribution is 2.56. The molecule has 1 fully saturated rings. The molecule has 0 unspecified atom stereocenters. The number of rotatable bonds is 2. The maximum Gasteiger partial charge on any atom is 0.389 e. The van der Waals surface area contributed by atoms with Crippen molar-refractivity contribution in [1.29, 1.82) is 0 Å². The van der Waals surface area contributed by atoms with Crippen molar-refractivity contribution in [2.45, 2.75) is 25.9 Å². The summed E-state index contributed by atoms with van der Waals surface area (Å²) in [5.74, 6) is -1.85. The molecule has 0 radical (unpaired) electrons. The van der Waals surface area contributed by atoms with Gasteiger partial charge in [0, 0.05) is 6.42 Å². The number of halogens is 3. The Hall–Kier alpha value is -0.740. The van der Waals surface area contributed by atoms with Gasteiger partial charge in [-0.3, -0.25) is 4.79 Å². The monoisotopic (exact) mass is 182 g/mol. The Morgan fingerprint density at radius 3 is 2.42 bits per heavy atom. The number of carbonyl (C=O) groups is 1. The molecule has 0 aromatic heterocycles. The zero-order valence-electron chi connectivity index (χ0n) is 6.48. The van der Waals surface area contributed by atoms with Crippen LogP contribution in [0.2, 0.25) is 0 Å². The van der Waals surface area contributed by atoms with Crippen LogP contribution in [0.1, 0.15) is 19.8 Å². The predicted octanol–water partition coefficient (Wildman–Crippen LogP) is 2.05. The highest BCUT2D eigenvalue weighted by molar-refractivity contribution is 5.78. The molecule has 0 spiro atoms. The fraction of sp³-hybridized carbons (Fsp3) is 0.857.